The highest BCUT2D eigenvalue weighted by Gasteiger charge is 2.31. The van der Waals surface area contributed by atoms with E-state index >= 15 is 0 Å². The highest BCUT2D eigenvalue weighted by molar-refractivity contribution is 7.71. The molecular formula is C14H15F3N2O2S. The van der Waals surface area contributed by atoms with Crippen LogP contribution in [0.4, 0.5) is 13.2 Å². The third-order valence-corrected chi connectivity index (χ3v) is 3.13. The molecule has 0 spiro atoms. The van der Waals surface area contributed by atoms with Gasteiger partial charge in [-0.3, -0.25) is 4.79 Å². The summed E-state index contributed by atoms with van der Waals surface area (Å²) in [4.78, 5) is 14.5. The van der Waals surface area contributed by atoms with Crippen LogP contribution in [0.25, 0.3) is 11.0 Å². The lowest BCUT2D eigenvalue weighted by atomic mass is 10.2. The number of aromatic nitrogens is 2. The van der Waals surface area contributed by atoms with Gasteiger partial charge in [0.15, 0.2) is 4.77 Å². The van der Waals surface area contributed by atoms with Crippen LogP contribution in [-0.4, -0.2) is 21.1 Å². The Kier molecular flexibility index (Phi) is 4.08. The van der Waals surface area contributed by atoms with Crippen LogP contribution in [0.1, 0.15) is 26.3 Å². The summed E-state index contributed by atoms with van der Waals surface area (Å²) in [5, 5.41) is 0. The monoisotopic (exact) mass is 332 g/mol. The lowest BCUT2D eigenvalue weighted by molar-refractivity contribution is -0.155. The normalized spacial score (nSPS) is 12.6. The molecule has 1 aromatic carbocycles. The maximum absolute atomic E-state index is 12.7. The number of nitrogens with one attached hydrogen (secondary N) is 1. The first-order chi connectivity index (χ1) is 9.97. The van der Waals surface area contributed by atoms with Crippen LogP contribution < -0.4 is 0 Å². The summed E-state index contributed by atoms with van der Waals surface area (Å²) >= 11 is 5.07. The quantitative estimate of drug-likeness (QED) is 0.666. The molecular weight excluding hydrogens is 317 g/mol. The Morgan fingerprint density at radius 2 is 1.95 bits per heavy atom. The zero-order valence-electron chi connectivity index (χ0n) is 12.2. The Balaban J connectivity index is 2.38. The van der Waals surface area contributed by atoms with Crippen LogP contribution in [0.5, 0.6) is 0 Å². The maximum atomic E-state index is 12.7. The molecule has 22 heavy (non-hydrogen) atoms. The number of esters is 1. The van der Waals surface area contributed by atoms with Crippen molar-refractivity contribution < 1.29 is 22.7 Å². The Labute approximate surface area is 129 Å². The largest absolute Gasteiger partial charge is 0.459 e. The molecule has 0 fully saturated rings. The molecule has 2 rings (SSSR count). The lowest BCUT2D eigenvalue weighted by Crippen LogP contribution is -2.26. The number of carbonyl (C=O) groups excluding carboxylic acids is 1. The van der Waals surface area contributed by atoms with E-state index in [-0.39, 0.29) is 16.8 Å². The van der Waals surface area contributed by atoms with E-state index in [0.29, 0.717) is 5.52 Å². The molecule has 1 heterocycles. The molecule has 0 aliphatic carbocycles. The first-order valence-electron chi connectivity index (χ1n) is 6.49. The molecule has 0 atom stereocenters. The van der Waals surface area contributed by atoms with Crippen molar-refractivity contribution in [2.24, 2.45) is 0 Å². The van der Waals surface area contributed by atoms with Gasteiger partial charge in [-0.15, -0.1) is 0 Å². The van der Waals surface area contributed by atoms with E-state index in [0.717, 1.165) is 12.1 Å². The molecule has 0 saturated heterocycles. The highest BCUT2D eigenvalue weighted by Crippen LogP contribution is 2.31. The predicted molar refractivity (Wildman–Crippen MR) is 78.0 cm³/mol. The van der Waals surface area contributed by atoms with Crippen LogP contribution in [0.2, 0.25) is 0 Å². The second kappa shape index (κ2) is 5.42. The van der Waals surface area contributed by atoms with Gasteiger partial charge in [0, 0.05) is 0 Å². The zero-order chi connectivity index (χ0) is 16.7. The molecule has 0 aliphatic rings. The number of carbonyl (C=O) groups is 1. The summed E-state index contributed by atoms with van der Waals surface area (Å²) in [5.74, 6) is -0.510. The van der Waals surface area contributed by atoms with Gasteiger partial charge < -0.3 is 14.3 Å². The molecule has 1 aromatic heterocycles. The lowest BCUT2D eigenvalue weighted by Gasteiger charge is -2.19. The number of hydrogen-bond donors (Lipinski definition) is 1. The van der Waals surface area contributed by atoms with Gasteiger partial charge in [-0.2, -0.15) is 13.2 Å². The predicted octanol–water partition coefficient (Wildman–Crippen LogP) is 4.06. The van der Waals surface area contributed by atoms with Crippen LogP contribution in [0, 0.1) is 4.77 Å². The Morgan fingerprint density at radius 3 is 2.50 bits per heavy atom. The Hall–Kier alpha value is -1.83. The van der Waals surface area contributed by atoms with Gasteiger partial charge in [-0.1, -0.05) is 0 Å². The van der Waals surface area contributed by atoms with E-state index in [1.54, 1.807) is 20.8 Å². The fraction of sp³-hybridized carbons (Fsp3) is 0.429. The van der Waals surface area contributed by atoms with Crippen molar-refractivity contribution in [2.75, 3.05) is 0 Å². The van der Waals surface area contributed by atoms with E-state index in [1.165, 1.54) is 10.6 Å². The summed E-state index contributed by atoms with van der Waals surface area (Å²) in [6.45, 7) is 5.03. The van der Waals surface area contributed by atoms with Crippen molar-refractivity contribution in [1.29, 1.82) is 0 Å². The number of ether oxygens (including phenoxy) is 1. The average molecular weight is 332 g/mol. The minimum atomic E-state index is -4.43. The topological polar surface area (TPSA) is 47.0 Å². The third-order valence-electron chi connectivity index (χ3n) is 2.81. The molecule has 120 valence electrons. The molecule has 0 radical (unpaired) electrons. The van der Waals surface area contributed by atoms with Crippen molar-refractivity contribution in [2.45, 2.75) is 39.1 Å². The van der Waals surface area contributed by atoms with Crippen LogP contribution >= 0.6 is 12.2 Å². The van der Waals surface area contributed by atoms with E-state index in [4.69, 9.17) is 17.0 Å². The second-order valence-corrected chi connectivity index (χ2v) is 6.22. The van der Waals surface area contributed by atoms with E-state index < -0.39 is 23.3 Å². The summed E-state index contributed by atoms with van der Waals surface area (Å²) < 4.78 is 44.9. The molecule has 4 nitrogen and oxygen atoms in total. The van der Waals surface area contributed by atoms with E-state index in [1.807, 2.05) is 0 Å². The fourth-order valence-electron chi connectivity index (χ4n) is 2.00. The van der Waals surface area contributed by atoms with Crippen LogP contribution in [0.3, 0.4) is 0 Å². The number of halogens is 3. The van der Waals surface area contributed by atoms with Crippen molar-refractivity contribution in [3.05, 3.63) is 28.5 Å². The Morgan fingerprint density at radius 1 is 1.32 bits per heavy atom. The molecule has 0 saturated carbocycles. The minimum absolute atomic E-state index is 0.165. The number of imidazole rings is 1. The number of rotatable bonds is 2. The van der Waals surface area contributed by atoms with E-state index in [2.05, 4.69) is 4.98 Å². The van der Waals surface area contributed by atoms with Gasteiger partial charge >= 0.3 is 12.1 Å². The summed E-state index contributed by atoms with van der Waals surface area (Å²) in [5.41, 5.74) is -0.776. The zero-order valence-corrected chi connectivity index (χ0v) is 13.1. The van der Waals surface area contributed by atoms with Crippen LogP contribution in [0.15, 0.2) is 18.2 Å². The second-order valence-electron chi connectivity index (χ2n) is 5.83. The standard InChI is InChI=1S/C14H15F3N2O2S/c1-13(2,3)21-11(20)7-19-10-5-4-8(14(15,16)17)6-9(10)18-12(19)22/h4-6H,7H2,1-3H3,(H,18,22). The van der Waals surface area contributed by atoms with Gasteiger partial charge in [0.25, 0.3) is 0 Å². The van der Waals surface area contributed by atoms with Gasteiger partial charge in [0.05, 0.1) is 16.6 Å². The summed E-state index contributed by atoms with van der Waals surface area (Å²) in [6.07, 6.45) is -4.43. The molecule has 2 aromatic rings. The molecule has 0 aliphatic heterocycles. The summed E-state index contributed by atoms with van der Waals surface area (Å²) in [7, 11) is 0. The fourth-order valence-corrected chi connectivity index (χ4v) is 2.27. The molecule has 1 N–H and O–H groups in total. The van der Waals surface area contributed by atoms with Gasteiger partial charge in [-0.25, -0.2) is 0 Å². The average Bonchev–Trinajstić information content (AvgIpc) is 2.61. The van der Waals surface area contributed by atoms with Crippen molar-refractivity contribution in [3.63, 3.8) is 0 Å². The summed E-state index contributed by atoms with van der Waals surface area (Å²) in [6, 6.07) is 3.21. The van der Waals surface area contributed by atoms with Crippen molar-refractivity contribution in [1.82, 2.24) is 9.55 Å². The Bertz CT molecular complexity index is 769. The highest BCUT2D eigenvalue weighted by atomic mass is 32.1. The van der Waals surface area contributed by atoms with Crippen LogP contribution in [-0.2, 0) is 22.3 Å². The number of benzene rings is 1. The molecule has 8 heteroatoms. The smallest absolute Gasteiger partial charge is 0.416 e. The number of aromatic amines is 1. The van der Waals surface area contributed by atoms with Crippen molar-refractivity contribution >= 4 is 29.2 Å². The van der Waals surface area contributed by atoms with Gasteiger partial charge in [-0.05, 0) is 51.2 Å². The number of hydrogen-bond acceptors (Lipinski definition) is 3. The van der Waals surface area contributed by atoms with E-state index in [9.17, 15) is 18.0 Å². The third kappa shape index (κ3) is 3.68. The number of fused-ring (bicyclic) bond motifs is 1. The number of nitrogens with zero attached hydrogens (tertiary/aromatic N) is 1. The SMILES string of the molecule is CC(C)(C)OC(=O)Cn1c(=S)[nH]c2cc(C(F)(F)F)ccc21. The first kappa shape index (κ1) is 16.5. The molecule has 0 bridgehead atoms. The molecule has 0 amide bonds. The minimum Gasteiger partial charge on any atom is -0.459 e. The van der Waals surface area contributed by atoms with Gasteiger partial charge in [0.1, 0.15) is 12.1 Å². The van der Waals surface area contributed by atoms with Gasteiger partial charge in [0.2, 0.25) is 0 Å². The number of H-pyrrole nitrogens is 1. The maximum Gasteiger partial charge on any atom is 0.416 e. The molecule has 0 unspecified atom stereocenters. The van der Waals surface area contributed by atoms with Crippen molar-refractivity contribution in [3.8, 4) is 0 Å². The first-order valence-corrected chi connectivity index (χ1v) is 6.90. The number of alkyl halides is 3.